The fourth-order valence-corrected chi connectivity index (χ4v) is 3.87. The molecule has 0 radical (unpaired) electrons. The van der Waals surface area contributed by atoms with Gasteiger partial charge in [0.1, 0.15) is 0 Å². The van der Waals surface area contributed by atoms with Crippen LogP contribution in [0.15, 0.2) is 12.2 Å². The predicted molar refractivity (Wildman–Crippen MR) is 139 cm³/mol. The van der Waals surface area contributed by atoms with Gasteiger partial charge in [0, 0.05) is 12.8 Å². The van der Waals surface area contributed by atoms with Crippen molar-refractivity contribution in [3.63, 3.8) is 0 Å². The van der Waals surface area contributed by atoms with Gasteiger partial charge in [0.05, 0.1) is 13.2 Å². The molecule has 0 atom stereocenters. The van der Waals surface area contributed by atoms with Gasteiger partial charge in [-0.2, -0.15) is 0 Å². The van der Waals surface area contributed by atoms with Crippen LogP contribution in [0.2, 0.25) is 0 Å². The second kappa shape index (κ2) is 26.9. The zero-order valence-electron chi connectivity index (χ0n) is 22.1. The molecule has 0 saturated heterocycles. The first kappa shape index (κ1) is 31.7. The van der Waals surface area contributed by atoms with Gasteiger partial charge in [-0.25, -0.2) is 0 Å². The summed E-state index contributed by atoms with van der Waals surface area (Å²) >= 11 is 0. The fourth-order valence-electron chi connectivity index (χ4n) is 3.87. The molecule has 0 aliphatic heterocycles. The molecule has 0 aliphatic carbocycles. The normalized spacial score (nSPS) is 11.2. The quantitative estimate of drug-likeness (QED) is 0.0765. The molecule has 33 heavy (non-hydrogen) atoms. The molecule has 0 spiro atoms. The van der Waals surface area contributed by atoms with Crippen LogP contribution in [0.1, 0.15) is 149 Å². The molecule has 0 fully saturated rings. The van der Waals surface area contributed by atoms with Crippen LogP contribution in [0.5, 0.6) is 0 Å². The monoisotopic (exact) mass is 466 g/mol. The molecule has 194 valence electrons. The Labute approximate surface area is 205 Å². The number of carbonyl (C=O) groups excluding carboxylic acids is 2. The first-order valence-electron chi connectivity index (χ1n) is 14.2. The Bertz CT molecular complexity index is 459. The zero-order chi connectivity index (χ0) is 24.2. The van der Waals surface area contributed by atoms with Crippen LogP contribution in [0.4, 0.5) is 0 Å². The average Bonchev–Trinajstić information content (AvgIpc) is 2.81. The number of esters is 2. The van der Waals surface area contributed by atoms with E-state index in [1.807, 2.05) is 6.08 Å². The lowest BCUT2D eigenvalue weighted by atomic mass is 10.0. The van der Waals surface area contributed by atoms with Gasteiger partial charge >= 0.3 is 11.9 Å². The molecule has 4 nitrogen and oxygen atoms in total. The Kier molecular flexibility index (Phi) is 25.9. The number of hydrogen-bond acceptors (Lipinski definition) is 4. The number of rotatable bonds is 25. The van der Waals surface area contributed by atoms with Crippen molar-refractivity contribution < 1.29 is 19.1 Å². The zero-order valence-corrected chi connectivity index (χ0v) is 22.1. The molecule has 0 rings (SSSR count). The van der Waals surface area contributed by atoms with Crippen LogP contribution in [0.3, 0.4) is 0 Å². The summed E-state index contributed by atoms with van der Waals surface area (Å²) < 4.78 is 10.5. The second-order valence-electron chi connectivity index (χ2n) is 9.27. The first-order valence-corrected chi connectivity index (χ1v) is 14.2. The number of hydrogen-bond donors (Lipinski definition) is 0. The minimum absolute atomic E-state index is 0.140. The van der Waals surface area contributed by atoms with Gasteiger partial charge in [-0.1, -0.05) is 116 Å². The van der Waals surface area contributed by atoms with Gasteiger partial charge < -0.3 is 9.47 Å². The third kappa shape index (κ3) is 26.8. The second-order valence-corrected chi connectivity index (χ2v) is 9.27. The third-order valence-electron chi connectivity index (χ3n) is 5.97. The van der Waals surface area contributed by atoms with Gasteiger partial charge in [0.2, 0.25) is 0 Å². The molecule has 4 heteroatoms. The lowest BCUT2D eigenvalue weighted by Gasteiger charge is -2.06. The van der Waals surface area contributed by atoms with Gasteiger partial charge in [0.25, 0.3) is 0 Å². The number of allylic oxidation sites excluding steroid dienone is 1. The van der Waals surface area contributed by atoms with Crippen molar-refractivity contribution in [2.45, 2.75) is 149 Å². The molecule has 0 heterocycles. The summed E-state index contributed by atoms with van der Waals surface area (Å²) in [6.45, 7) is 5.32. The molecule has 0 aromatic carbocycles. The smallest absolute Gasteiger partial charge is 0.305 e. The van der Waals surface area contributed by atoms with Crippen molar-refractivity contribution in [3.05, 3.63) is 12.2 Å². The van der Waals surface area contributed by atoms with E-state index in [4.69, 9.17) is 9.47 Å². The fraction of sp³-hybridized carbons (Fsp3) is 0.862. The van der Waals surface area contributed by atoms with Gasteiger partial charge in [-0.3, -0.25) is 9.59 Å². The standard InChI is InChI=1S/C29H54O4/c1-3-5-7-9-10-11-12-13-14-15-16-17-18-19-23-27-33-29(31)25-21-20-24-28(30)32-26-22-8-6-4-2/h6,8H,3-5,7,9-27H2,1-2H3/b8-6+. The maximum Gasteiger partial charge on any atom is 0.305 e. The van der Waals surface area contributed by atoms with Crippen molar-refractivity contribution in [2.24, 2.45) is 0 Å². The summed E-state index contributed by atoms with van der Waals surface area (Å²) in [6, 6.07) is 0. The van der Waals surface area contributed by atoms with E-state index in [-0.39, 0.29) is 11.9 Å². The largest absolute Gasteiger partial charge is 0.466 e. The maximum absolute atomic E-state index is 11.8. The SMILES string of the molecule is CC/C=C/CCOC(=O)CCCCC(=O)OCCCCCCCCCCCCCCCCC. The highest BCUT2D eigenvalue weighted by atomic mass is 16.5. The average molecular weight is 467 g/mol. The van der Waals surface area contributed by atoms with E-state index < -0.39 is 0 Å². The maximum atomic E-state index is 11.8. The Hall–Kier alpha value is -1.32. The minimum Gasteiger partial charge on any atom is -0.466 e. The summed E-state index contributed by atoms with van der Waals surface area (Å²) in [6.07, 6.45) is 28.0. The molecular formula is C29H54O4. The van der Waals surface area contributed by atoms with E-state index >= 15 is 0 Å². The highest BCUT2D eigenvalue weighted by Crippen LogP contribution is 2.13. The van der Waals surface area contributed by atoms with E-state index in [1.165, 1.54) is 83.5 Å². The van der Waals surface area contributed by atoms with Crippen molar-refractivity contribution in [2.75, 3.05) is 13.2 Å². The summed E-state index contributed by atoms with van der Waals surface area (Å²) in [5, 5.41) is 0. The molecule has 0 aromatic heterocycles. The van der Waals surface area contributed by atoms with Crippen molar-refractivity contribution in [1.82, 2.24) is 0 Å². The molecule has 0 bridgehead atoms. The lowest BCUT2D eigenvalue weighted by Crippen LogP contribution is -2.07. The summed E-state index contributed by atoms with van der Waals surface area (Å²) in [5.41, 5.74) is 0. The van der Waals surface area contributed by atoms with E-state index in [1.54, 1.807) is 0 Å². The summed E-state index contributed by atoms with van der Waals surface area (Å²) in [5.74, 6) is -0.315. The number of carbonyl (C=O) groups is 2. The molecule has 0 saturated carbocycles. The van der Waals surface area contributed by atoms with Gasteiger partial charge in [0.15, 0.2) is 0 Å². The van der Waals surface area contributed by atoms with Crippen LogP contribution in [-0.4, -0.2) is 25.2 Å². The Balaban J connectivity index is 3.25. The van der Waals surface area contributed by atoms with Crippen LogP contribution in [0.25, 0.3) is 0 Å². The van der Waals surface area contributed by atoms with Crippen molar-refractivity contribution in [1.29, 1.82) is 0 Å². The number of ether oxygens (including phenoxy) is 2. The van der Waals surface area contributed by atoms with Crippen molar-refractivity contribution >= 4 is 11.9 Å². The molecule has 0 amide bonds. The molecule has 0 N–H and O–H groups in total. The molecule has 0 unspecified atom stereocenters. The van der Waals surface area contributed by atoms with E-state index in [9.17, 15) is 9.59 Å². The highest BCUT2D eigenvalue weighted by molar-refractivity contribution is 5.70. The summed E-state index contributed by atoms with van der Waals surface area (Å²) in [4.78, 5) is 23.4. The van der Waals surface area contributed by atoms with E-state index in [0.29, 0.717) is 38.9 Å². The van der Waals surface area contributed by atoms with Crippen LogP contribution < -0.4 is 0 Å². The topological polar surface area (TPSA) is 52.6 Å². The molecule has 0 aliphatic rings. The Morgan fingerprint density at radius 3 is 1.39 bits per heavy atom. The third-order valence-corrected chi connectivity index (χ3v) is 5.97. The molecule has 0 aromatic rings. The van der Waals surface area contributed by atoms with Crippen molar-refractivity contribution in [3.8, 4) is 0 Å². The number of unbranched alkanes of at least 4 members (excludes halogenated alkanes) is 15. The highest BCUT2D eigenvalue weighted by Gasteiger charge is 2.06. The Morgan fingerprint density at radius 1 is 0.515 bits per heavy atom. The molecular weight excluding hydrogens is 412 g/mol. The van der Waals surface area contributed by atoms with Crippen LogP contribution in [0, 0.1) is 0 Å². The first-order chi connectivity index (χ1) is 16.2. The lowest BCUT2D eigenvalue weighted by molar-refractivity contribution is -0.145. The van der Waals surface area contributed by atoms with Gasteiger partial charge in [-0.05, 0) is 32.1 Å². The minimum atomic E-state index is -0.175. The Morgan fingerprint density at radius 2 is 0.939 bits per heavy atom. The van der Waals surface area contributed by atoms with Crippen LogP contribution in [-0.2, 0) is 19.1 Å². The summed E-state index contributed by atoms with van der Waals surface area (Å²) in [7, 11) is 0. The van der Waals surface area contributed by atoms with Crippen LogP contribution >= 0.6 is 0 Å². The predicted octanol–water partition coefficient (Wildman–Crippen LogP) is 8.86. The van der Waals surface area contributed by atoms with E-state index in [2.05, 4.69) is 19.9 Å². The van der Waals surface area contributed by atoms with Gasteiger partial charge in [-0.15, -0.1) is 0 Å². The van der Waals surface area contributed by atoms with E-state index in [0.717, 1.165) is 25.7 Å².